The lowest BCUT2D eigenvalue weighted by molar-refractivity contribution is -0.384. The molecule has 0 aromatic heterocycles. The van der Waals surface area contributed by atoms with Crippen molar-refractivity contribution in [2.75, 3.05) is 6.61 Å². The van der Waals surface area contributed by atoms with Gasteiger partial charge in [-0.1, -0.05) is 0 Å². The van der Waals surface area contributed by atoms with Crippen molar-refractivity contribution in [3.63, 3.8) is 0 Å². The lowest BCUT2D eigenvalue weighted by Crippen LogP contribution is -2.30. The molecule has 1 aromatic rings. The molecule has 1 aromatic carbocycles. The zero-order chi connectivity index (χ0) is 14.6. The van der Waals surface area contributed by atoms with Crippen molar-refractivity contribution >= 4 is 17.9 Å². The average Bonchev–Trinajstić information content (AvgIpc) is 2.35. The van der Waals surface area contributed by atoms with E-state index in [9.17, 15) is 19.7 Å². The fourth-order valence-electron chi connectivity index (χ4n) is 1.19. The molecule has 7 nitrogen and oxygen atoms in total. The monoisotopic (exact) mass is 267 g/mol. The molecule has 0 aliphatic carbocycles. The third-order valence-electron chi connectivity index (χ3n) is 2.50. The Hall–Kier alpha value is -2.44. The van der Waals surface area contributed by atoms with Crippen LogP contribution in [0, 0.1) is 15.5 Å². The largest absolute Gasteiger partial charge is 0.492 e. The van der Waals surface area contributed by atoms with Crippen LogP contribution < -0.4 is 4.74 Å². The maximum Gasteiger partial charge on any atom is 0.312 e. The molecule has 0 unspecified atom stereocenters. The summed E-state index contributed by atoms with van der Waals surface area (Å²) in [7, 11) is 0. The third kappa shape index (κ3) is 3.51. The van der Waals surface area contributed by atoms with Crippen LogP contribution in [0.15, 0.2) is 18.2 Å². The van der Waals surface area contributed by atoms with E-state index in [2.05, 4.69) is 0 Å². The Balaban J connectivity index is 2.93. The minimum Gasteiger partial charge on any atom is -0.492 e. The molecule has 0 saturated carbocycles. The van der Waals surface area contributed by atoms with Gasteiger partial charge in [-0.15, -0.1) is 0 Å². The van der Waals surface area contributed by atoms with Gasteiger partial charge in [0.15, 0.2) is 6.29 Å². The van der Waals surface area contributed by atoms with E-state index >= 15 is 0 Å². The summed E-state index contributed by atoms with van der Waals surface area (Å²) in [6.45, 7) is 2.80. The lowest BCUT2D eigenvalue weighted by Gasteiger charge is -2.20. The van der Waals surface area contributed by atoms with Crippen molar-refractivity contribution in [3.8, 4) is 5.75 Å². The summed E-state index contributed by atoms with van der Waals surface area (Å²) in [4.78, 5) is 31.7. The number of nitrogens with zero attached hydrogens (tertiary/aromatic N) is 1. The molecule has 102 valence electrons. The van der Waals surface area contributed by atoms with Gasteiger partial charge in [-0.2, -0.15) is 0 Å². The predicted molar refractivity (Wildman–Crippen MR) is 65.4 cm³/mol. The standard InChI is InChI=1S/C12H13NO6/c1-12(2,11(15)16)7-19-10-4-3-9(13(17)18)5-8(10)6-14/h3-6H,7H2,1-2H3,(H,15,16). The highest BCUT2D eigenvalue weighted by Gasteiger charge is 2.28. The number of aldehydes is 1. The number of rotatable bonds is 6. The maximum atomic E-state index is 10.9. The molecular formula is C12H13NO6. The van der Waals surface area contributed by atoms with E-state index in [4.69, 9.17) is 9.84 Å². The van der Waals surface area contributed by atoms with Gasteiger partial charge in [-0.25, -0.2) is 0 Å². The van der Waals surface area contributed by atoms with Crippen LogP contribution in [0.5, 0.6) is 5.75 Å². The lowest BCUT2D eigenvalue weighted by atomic mass is 9.95. The molecule has 0 aliphatic heterocycles. The molecule has 7 heteroatoms. The summed E-state index contributed by atoms with van der Waals surface area (Å²) in [5, 5.41) is 19.5. The van der Waals surface area contributed by atoms with Gasteiger partial charge in [-0.3, -0.25) is 19.7 Å². The summed E-state index contributed by atoms with van der Waals surface area (Å²) in [5.74, 6) is -0.919. The van der Waals surface area contributed by atoms with Crippen LogP contribution in [-0.2, 0) is 4.79 Å². The number of non-ortho nitro benzene ring substituents is 1. The molecule has 0 atom stereocenters. The first-order valence-corrected chi connectivity index (χ1v) is 5.38. The first kappa shape index (κ1) is 14.6. The van der Waals surface area contributed by atoms with Crippen molar-refractivity contribution in [3.05, 3.63) is 33.9 Å². The molecule has 1 N–H and O–H groups in total. The van der Waals surface area contributed by atoms with E-state index in [0.717, 1.165) is 6.07 Å². The van der Waals surface area contributed by atoms with Gasteiger partial charge in [0.05, 0.1) is 15.9 Å². The number of carboxylic acids is 1. The van der Waals surface area contributed by atoms with Crippen molar-refractivity contribution < 1.29 is 24.4 Å². The van der Waals surface area contributed by atoms with Gasteiger partial charge in [0, 0.05) is 12.1 Å². The number of hydrogen-bond acceptors (Lipinski definition) is 5. The van der Waals surface area contributed by atoms with Crippen molar-refractivity contribution in [1.82, 2.24) is 0 Å². The minimum absolute atomic E-state index is 0.00962. The van der Waals surface area contributed by atoms with E-state index in [1.807, 2.05) is 0 Å². The van der Waals surface area contributed by atoms with Crippen molar-refractivity contribution in [1.29, 1.82) is 0 Å². The van der Waals surface area contributed by atoms with E-state index in [-0.39, 0.29) is 23.6 Å². The topological polar surface area (TPSA) is 107 Å². The zero-order valence-electron chi connectivity index (χ0n) is 10.5. The van der Waals surface area contributed by atoms with Crippen molar-refractivity contribution in [2.45, 2.75) is 13.8 Å². The van der Waals surface area contributed by atoms with Gasteiger partial charge in [-0.05, 0) is 19.9 Å². The van der Waals surface area contributed by atoms with Crippen LogP contribution in [-0.4, -0.2) is 28.9 Å². The second-order valence-electron chi connectivity index (χ2n) is 4.57. The average molecular weight is 267 g/mol. The van der Waals surface area contributed by atoms with E-state index in [0.29, 0.717) is 6.29 Å². The molecule has 0 spiro atoms. The highest BCUT2D eigenvalue weighted by Crippen LogP contribution is 2.25. The van der Waals surface area contributed by atoms with Crippen LogP contribution in [0.25, 0.3) is 0 Å². The summed E-state index contributed by atoms with van der Waals surface area (Å²) in [6.07, 6.45) is 0.427. The van der Waals surface area contributed by atoms with Gasteiger partial charge in [0.2, 0.25) is 0 Å². The normalized spacial score (nSPS) is 10.8. The highest BCUT2D eigenvalue weighted by molar-refractivity contribution is 5.80. The molecule has 0 saturated heterocycles. The van der Waals surface area contributed by atoms with E-state index in [1.165, 1.54) is 26.0 Å². The molecular weight excluding hydrogens is 254 g/mol. The Morgan fingerprint density at radius 1 is 1.53 bits per heavy atom. The Labute approximate surface area is 109 Å². The molecule has 0 fully saturated rings. The van der Waals surface area contributed by atoms with Gasteiger partial charge >= 0.3 is 5.97 Å². The number of hydrogen-bond donors (Lipinski definition) is 1. The fraction of sp³-hybridized carbons (Fsp3) is 0.333. The number of nitro benzene ring substituents is 1. The summed E-state index contributed by atoms with van der Waals surface area (Å²) in [6, 6.07) is 3.55. The van der Waals surface area contributed by atoms with E-state index in [1.54, 1.807) is 0 Å². The second-order valence-corrected chi connectivity index (χ2v) is 4.57. The first-order valence-electron chi connectivity index (χ1n) is 5.38. The third-order valence-corrected chi connectivity index (χ3v) is 2.50. The Morgan fingerprint density at radius 2 is 2.16 bits per heavy atom. The van der Waals surface area contributed by atoms with Crippen LogP contribution in [0.2, 0.25) is 0 Å². The second kappa shape index (κ2) is 5.47. The SMILES string of the molecule is CC(C)(COc1ccc([N+](=O)[O-])cc1C=O)C(=O)O. The summed E-state index contributed by atoms with van der Waals surface area (Å²) in [5.41, 5.74) is -1.34. The van der Waals surface area contributed by atoms with Crippen LogP contribution in [0.3, 0.4) is 0 Å². The van der Waals surface area contributed by atoms with Crippen molar-refractivity contribution in [2.24, 2.45) is 5.41 Å². The maximum absolute atomic E-state index is 10.9. The van der Waals surface area contributed by atoms with Gasteiger partial charge < -0.3 is 9.84 Å². The van der Waals surface area contributed by atoms with Crippen LogP contribution >= 0.6 is 0 Å². The Kier molecular flexibility index (Phi) is 4.21. The number of carbonyl (C=O) groups is 2. The first-order chi connectivity index (χ1) is 8.77. The van der Waals surface area contributed by atoms with Crippen LogP contribution in [0.4, 0.5) is 5.69 Å². The highest BCUT2D eigenvalue weighted by atomic mass is 16.6. The number of ether oxygens (including phenoxy) is 1. The summed E-state index contributed by atoms with van der Waals surface area (Å²) >= 11 is 0. The van der Waals surface area contributed by atoms with E-state index < -0.39 is 16.3 Å². The minimum atomic E-state index is -1.12. The number of aliphatic carboxylic acids is 1. The number of benzene rings is 1. The molecule has 0 bridgehead atoms. The Bertz CT molecular complexity index is 523. The van der Waals surface area contributed by atoms with Crippen LogP contribution in [0.1, 0.15) is 24.2 Å². The molecule has 1 rings (SSSR count). The molecule has 0 heterocycles. The summed E-state index contributed by atoms with van der Waals surface area (Å²) < 4.78 is 5.25. The molecule has 19 heavy (non-hydrogen) atoms. The zero-order valence-corrected chi connectivity index (χ0v) is 10.5. The smallest absolute Gasteiger partial charge is 0.312 e. The number of carboxylic acid groups (broad SMARTS) is 1. The predicted octanol–water partition coefficient (Wildman–Crippen LogP) is 1.90. The quantitative estimate of drug-likeness (QED) is 0.479. The molecule has 0 amide bonds. The Morgan fingerprint density at radius 3 is 2.63 bits per heavy atom. The van der Waals surface area contributed by atoms with Gasteiger partial charge in [0.1, 0.15) is 12.4 Å². The molecule has 0 radical (unpaired) electrons. The number of carbonyl (C=O) groups excluding carboxylic acids is 1. The number of nitro groups is 1. The van der Waals surface area contributed by atoms with Gasteiger partial charge in [0.25, 0.3) is 5.69 Å². The molecule has 0 aliphatic rings. The fourth-order valence-corrected chi connectivity index (χ4v) is 1.19.